The lowest BCUT2D eigenvalue weighted by molar-refractivity contribution is 0.574. The lowest BCUT2D eigenvalue weighted by atomic mass is 10.1. The molecule has 1 aromatic rings. The molecule has 1 aliphatic rings. The van der Waals surface area contributed by atoms with Crippen molar-refractivity contribution in [2.75, 3.05) is 0 Å². The van der Waals surface area contributed by atoms with E-state index < -0.39 is 0 Å². The summed E-state index contributed by atoms with van der Waals surface area (Å²) < 4.78 is 2.37. The fourth-order valence-corrected chi connectivity index (χ4v) is 1.84. The summed E-state index contributed by atoms with van der Waals surface area (Å²) >= 11 is 0. The summed E-state index contributed by atoms with van der Waals surface area (Å²) in [6.07, 6.45) is 9.09. The molecule has 1 heteroatoms. The van der Waals surface area contributed by atoms with Crippen molar-refractivity contribution >= 4 is 6.08 Å². The molecule has 0 radical (unpaired) electrons. The Morgan fingerprint density at radius 2 is 2.25 bits per heavy atom. The summed E-state index contributed by atoms with van der Waals surface area (Å²) in [6, 6.07) is 2.81. The zero-order valence-electron chi connectivity index (χ0n) is 7.75. The Morgan fingerprint density at radius 3 is 3.00 bits per heavy atom. The van der Waals surface area contributed by atoms with Crippen LogP contribution < -0.4 is 0 Å². The molecule has 1 aliphatic carbocycles. The van der Waals surface area contributed by atoms with Crippen molar-refractivity contribution in [3.8, 4) is 0 Å². The molecule has 1 aromatic heterocycles. The third kappa shape index (κ3) is 1.09. The van der Waals surface area contributed by atoms with Crippen LogP contribution >= 0.6 is 0 Å². The molecular formula is C11H15N. The molecule has 1 heterocycles. The monoisotopic (exact) mass is 161 g/mol. The van der Waals surface area contributed by atoms with Crippen molar-refractivity contribution in [3.63, 3.8) is 0 Å². The van der Waals surface area contributed by atoms with Crippen LogP contribution in [0.2, 0.25) is 0 Å². The van der Waals surface area contributed by atoms with Gasteiger partial charge >= 0.3 is 0 Å². The number of hydrogen-bond acceptors (Lipinski definition) is 0. The first-order valence-corrected chi connectivity index (χ1v) is 4.65. The molecule has 0 atom stereocenters. The van der Waals surface area contributed by atoms with E-state index in [-0.39, 0.29) is 0 Å². The van der Waals surface area contributed by atoms with Crippen LogP contribution in [0.5, 0.6) is 0 Å². The molecule has 0 N–H and O–H groups in total. The smallest absolute Gasteiger partial charge is 0.0277 e. The maximum Gasteiger partial charge on any atom is 0.0277 e. The third-order valence-electron chi connectivity index (χ3n) is 2.46. The van der Waals surface area contributed by atoms with Crippen molar-refractivity contribution in [1.82, 2.24) is 4.57 Å². The van der Waals surface area contributed by atoms with Crippen LogP contribution in [0.1, 0.15) is 37.6 Å². The second kappa shape index (κ2) is 2.81. The first-order chi connectivity index (χ1) is 5.79. The Bertz CT molecular complexity index is 305. The highest BCUT2D eigenvalue weighted by Crippen LogP contribution is 2.22. The largest absolute Gasteiger partial charge is 0.348 e. The number of fused-ring (bicyclic) bond motifs is 1. The quantitative estimate of drug-likeness (QED) is 0.596. The van der Waals surface area contributed by atoms with E-state index in [4.69, 9.17) is 0 Å². The van der Waals surface area contributed by atoms with Crippen molar-refractivity contribution in [2.45, 2.75) is 32.7 Å². The highest BCUT2D eigenvalue weighted by molar-refractivity contribution is 5.54. The first-order valence-electron chi connectivity index (χ1n) is 4.65. The summed E-state index contributed by atoms with van der Waals surface area (Å²) in [7, 11) is 0. The molecule has 0 saturated heterocycles. The highest BCUT2D eigenvalue weighted by Gasteiger charge is 2.10. The minimum Gasteiger partial charge on any atom is -0.348 e. The van der Waals surface area contributed by atoms with Crippen molar-refractivity contribution in [2.24, 2.45) is 0 Å². The topological polar surface area (TPSA) is 4.93 Å². The van der Waals surface area contributed by atoms with E-state index in [0.29, 0.717) is 6.04 Å². The normalized spacial score (nSPS) is 15.2. The van der Waals surface area contributed by atoms with Gasteiger partial charge in [-0.3, -0.25) is 0 Å². The maximum atomic E-state index is 2.37. The molecule has 64 valence electrons. The van der Waals surface area contributed by atoms with E-state index in [2.05, 4.69) is 42.8 Å². The molecule has 0 bridgehead atoms. The molecule has 0 saturated carbocycles. The third-order valence-corrected chi connectivity index (χ3v) is 2.46. The number of allylic oxidation sites excluding steroid dienone is 1. The van der Waals surface area contributed by atoms with Gasteiger partial charge < -0.3 is 4.57 Å². The van der Waals surface area contributed by atoms with E-state index in [1.807, 2.05) is 0 Å². The zero-order chi connectivity index (χ0) is 8.55. The van der Waals surface area contributed by atoms with Crippen LogP contribution in [-0.2, 0) is 6.42 Å². The van der Waals surface area contributed by atoms with Crippen LogP contribution in [0.25, 0.3) is 6.08 Å². The molecule has 0 spiro atoms. The van der Waals surface area contributed by atoms with Crippen molar-refractivity contribution in [1.29, 1.82) is 0 Å². The van der Waals surface area contributed by atoms with Crippen LogP contribution in [-0.4, -0.2) is 4.57 Å². The van der Waals surface area contributed by atoms with E-state index in [1.54, 1.807) is 0 Å². The molecule has 2 rings (SSSR count). The summed E-state index contributed by atoms with van der Waals surface area (Å²) in [5, 5.41) is 0. The Kier molecular flexibility index (Phi) is 1.80. The molecular weight excluding hydrogens is 146 g/mol. The average molecular weight is 161 g/mol. The minimum atomic E-state index is 0.597. The number of nitrogens with zero attached hydrogens (tertiary/aromatic N) is 1. The maximum absolute atomic E-state index is 2.37. The number of hydrogen-bond donors (Lipinski definition) is 0. The molecule has 0 aliphatic heterocycles. The average Bonchev–Trinajstić information content (AvgIpc) is 2.47. The van der Waals surface area contributed by atoms with Crippen LogP contribution in [0, 0.1) is 0 Å². The van der Waals surface area contributed by atoms with Gasteiger partial charge in [-0.05, 0) is 38.3 Å². The second-order valence-electron chi connectivity index (χ2n) is 3.66. The predicted molar refractivity (Wildman–Crippen MR) is 52.2 cm³/mol. The van der Waals surface area contributed by atoms with Gasteiger partial charge in [0, 0.05) is 17.9 Å². The van der Waals surface area contributed by atoms with Gasteiger partial charge in [-0.1, -0.05) is 12.2 Å². The van der Waals surface area contributed by atoms with E-state index in [1.165, 1.54) is 24.1 Å². The van der Waals surface area contributed by atoms with Crippen molar-refractivity contribution in [3.05, 3.63) is 29.6 Å². The highest BCUT2D eigenvalue weighted by atomic mass is 15.0. The summed E-state index contributed by atoms with van der Waals surface area (Å²) in [5.74, 6) is 0. The fraction of sp³-hybridized carbons (Fsp3) is 0.455. The number of rotatable bonds is 1. The van der Waals surface area contributed by atoms with E-state index >= 15 is 0 Å². The molecule has 1 nitrogen and oxygen atoms in total. The Labute approximate surface area is 73.7 Å². The second-order valence-corrected chi connectivity index (χ2v) is 3.66. The molecule has 12 heavy (non-hydrogen) atoms. The Balaban J connectivity index is 2.46. The van der Waals surface area contributed by atoms with E-state index in [0.717, 1.165) is 0 Å². The fourth-order valence-electron chi connectivity index (χ4n) is 1.84. The summed E-state index contributed by atoms with van der Waals surface area (Å²) in [6.45, 7) is 4.47. The molecule has 0 unspecified atom stereocenters. The summed E-state index contributed by atoms with van der Waals surface area (Å²) in [5.41, 5.74) is 2.92. The van der Waals surface area contributed by atoms with Gasteiger partial charge in [-0.2, -0.15) is 0 Å². The van der Waals surface area contributed by atoms with Crippen LogP contribution in [0.3, 0.4) is 0 Å². The van der Waals surface area contributed by atoms with Gasteiger partial charge in [0.15, 0.2) is 0 Å². The SMILES string of the molecule is CC(C)n1ccc2c1CCC=C2. The number of aromatic nitrogens is 1. The van der Waals surface area contributed by atoms with Gasteiger partial charge in [0.2, 0.25) is 0 Å². The lowest BCUT2D eigenvalue weighted by Crippen LogP contribution is -2.06. The summed E-state index contributed by atoms with van der Waals surface area (Å²) in [4.78, 5) is 0. The zero-order valence-corrected chi connectivity index (χ0v) is 7.75. The lowest BCUT2D eigenvalue weighted by Gasteiger charge is -2.15. The minimum absolute atomic E-state index is 0.597. The van der Waals surface area contributed by atoms with Gasteiger partial charge in [0.05, 0.1) is 0 Å². The molecule has 0 aromatic carbocycles. The van der Waals surface area contributed by atoms with Crippen LogP contribution in [0.15, 0.2) is 18.3 Å². The predicted octanol–water partition coefficient (Wildman–Crippen LogP) is 3.03. The van der Waals surface area contributed by atoms with Gasteiger partial charge in [-0.15, -0.1) is 0 Å². The van der Waals surface area contributed by atoms with E-state index in [9.17, 15) is 0 Å². The molecule has 0 fully saturated rings. The van der Waals surface area contributed by atoms with Crippen molar-refractivity contribution < 1.29 is 0 Å². The molecule has 0 amide bonds. The van der Waals surface area contributed by atoms with Gasteiger partial charge in [-0.25, -0.2) is 0 Å². The van der Waals surface area contributed by atoms with Gasteiger partial charge in [0.1, 0.15) is 0 Å². The van der Waals surface area contributed by atoms with Crippen LogP contribution in [0.4, 0.5) is 0 Å². The Hall–Kier alpha value is -0.980. The standard InChI is InChI=1S/C11H15N/c1-9(2)12-8-7-10-5-3-4-6-11(10)12/h3,5,7-9H,4,6H2,1-2H3. The van der Waals surface area contributed by atoms with Gasteiger partial charge in [0.25, 0.3) is 0 Å². The first kappa shape index (κ1) is 7.66. The Morgan fingerprint density at radius 1 is 1.42 bits per heavy atom.